The smallest absolute Gasteiger partial charge is 0.142 e. The Bertz CT molecular complexity index is 520. The third-order valence-corrected chi connectivity index (χ3v) is 3.02. The third-order valence-electron chi connectivity index (χ3n) is 3.02. The maximum absolute atomic E-state index is 6.07. The van der Waals surface area contributed by atoms with E-state index in [2.05, 4.69) is 25.1 Å². The first-order chi connectivity index (χ1) is 8.22. The van der Waals surface area contributed by atoms with E-state index in [0.29, 0.717) is 0 Å². The molecule has 0 aliphatic rings. The van der Waals surface area contributed by atoms with Gasteiger partial charge in [-0.15, -0.1) is 0 Å². The summed E-state index contributed by atoms with van der Waals surface area (Å²) in [7, 11) is 1.64. The molecule has 0 bridgehead atoms. The maximum atomic E-state index is 6.07. The van der Waals surface area contributed by atoms with Crippen LogP contribution in [0.1, 0.15) is 16.7 Å². The van der Waals surface area contributed by atoms with Crippen molar-refractivity contribution in [3.8, 4) is 5.75 Å². The Balaban J connectivity index is 2.34. The number of hydrogen-bond donors (Lipinski definition) is 1. The van der Waals surface area contributed by atoms with E-state index in [1.165, 1.54) is 11.1 Å². The van der Waals surface area contributed by atoms with E-state index in [1.807, 2.05) is 24.3 Å². The van der Waals surface area contributed by atoms with Crippen LogP contribution in [0.15, 0.2) is 42.5 Å². The molecule has 2 N–H and O–H groups in total. The number of methoxy groups -OCH3 is 1. The molecule has 0 spiro atoms. The van der Waals surface area contributed by atoms with Gasteiger partial charge in [0, 0.05) is 0 Å². The van der Waals surface area contributed by atoms with Crippen LogP contribution in [0.4, 0.5) is 5.69 Å². The van der Waals surface area contributed by atoms with E-state index in [9.17, 15) is 0 Å². The van der Waals surface area contributed by atoms with Crippen molar-refractivity contribution in [2.24, 2.45) is 0 Å². The molecule has 2 nitrogen and oxygen atoms in total. The van der Waals surface area contributed by atoms with Crippen molar-refractivity contribution in [2.75, 3.05) is 12.8 Å². The summed E-state index contributed by atoms with van der Waals surface area (Å²) >= 11 is 0. The minimum Gasteiger partial charge on any atom is -0.495 e. The molecule has 0 atom stereocenters. The number of benzene rings is 2. The first-order valence-corrected chi connectivity index (χ1v) is 5.68. The van der Waals surface area contributed by atoms with Gasteiger partial charge in [-0.2, -0.15) is 0 Å². The lowest BCUT2D eigenvalue weighted by molar-refractivity contribution is 0.416. The van der Waals surface area contributed by atoms with Crippen molar-refractivity contribution in [1.82, 2.24) is 0 Å². The zero-order valence-corrected chi connectivity index (χ0v) is 10.2. The molecule has 17 heavy (non-hydrogen) atoms. The van der Waals surface area contributed by atoms with Gasteiger partial charge in [0.2, 0.25) is 0 Å². The van der Waals surface area contributed by atoms with Crippen LogP contribution in [0, 0.1) is 6.92 Å². The number of para-hydroxylation sites is 1. The molecule has 0 saturated carbocycles. The molecule has 0 unspecified atom stereocenters. The van der Waals surface area contributed by atoms with Gasteiger partial charge >= 0.3 is 0 Å². The molecule has 0 aliphatic heterocycles. The van der Waals surface area contributed by atoms with E-state index < -0.39 is 0 Å². The quantitative estimate of drug-likeness (QED) is 0.817. The molecule has 2 aromatic carbocycles. The molecule has 0 aliphatic carbocycles. The molecule has 0 amide bonds. The molecule has 0 radical (unpaired) electrons. The minimum absolute atomic E-state index is 0.734. The molecule has 0 fully saturated rings. The molecule has 88 valence electrons. The molecule has 0 heterocycles. The van der Waals surface area contributed by atoms with Gasteiger partial charge in [0.25, 0.3) is 0 Å². The zero-order chi connectivity index (χ0) is 12.3. The predicted molar refractivity (Wildman–Crippen MR) is 71.4 cm³/mol. The lowest BCUT2D eigenvalue weighted by atomic mass is 9.99. The third kappa shape index (κ3) is 2.41. The summed E-state index contributed by atoms with van der Waals surface area (Å²) in [6, 6.07) is 14.3. The van der Waals surface area contributed by atoms with Gasteiger partial charge in [0.15, 0.2) is 0 Å². The van der Waals surface area contributed by atoms with E-state index in [-0.39, 0.29) is 0 Å². The van der Waals surface area contributed by atoms with Gasteiger partial charge < -0.3 is 10.5 Å². The Morgan fingerprint density at radius 3 is 2.41 bits per heavy atom. The Kier molecular flexibility index (Phi) is 3.33. The number of hydrogen-bond acceptors (Lipinski definition) is 2. The van der Waals surface area contributed by atoms with Crippen LogP contribution in [0.25, 0.3) is 0 Å². The molecule has 0 aromatic heterocycles. The predicted octanol–water partition coefficient (Wildman–Crippen LogP) is 3.18. The Labute approximate surface area is 102 Å². The molecular formula is C15H17NO. The fraction of sp³-hybridized carbons (Fsp3) is 0.200. The maximum Gasteiger partial charge on any atom is 0.142 e. The summed E-state index contributed by atoms with van der Waals surface area (Å²) in [6.07, 6.45) is 0.843. The van der Waals surface area contributed by atoms with Gasteiger partial charge in [0.1, 0.15) is 5.75 Å². The summed E-state index contributed by atoms with van der Waals surface area (Å²) in [5.41, 5.74) is 10.5. The Hall–Kier alpha value is -1.96. The topological polar surface area (TPSA) is 35.2 Å². The van der Waals surface area contributed by atoms with Crippen LogP contribution in [0.5, 0.6) is 5.75 Å². The molecule has 2 rings (SSSR count). The fourth-order valence-electron chi connectivity index (χ4n) is 1.94. The highest BCUT2D eigenvalue weighted by Crippen LogP contribution is 2.27. The SMILES string of the molecule is COc1cccc(Cc2ccccc2C)c1N. The van der Waals surface area contributed by atoms with Gasteiger partial charge in [-0.05, 0) is 36.1 Å². The second-order valence-corrected chi connectivity index (χ2v) is 4.14. The van der Waals surface area contributed by atoms with E-state index in [4.69, 9.17) is 10.5 Å². The normalized spacial score (nSPS) is 10.2. The van der Waals surface area contributed by atoms with Crippen LogP contribution >= 0.6 is 0 Å². The van der Waals surface area contributed by atoms with Crippen molar-refractivity contribution < 1.29 is 4.74 Å². The minimum atomic E-state index is 0.734. The van der Waals surface area contributed by atoms with E-state index in [0.717, 1.165) is 23.4 Å². The summed E-state index contributed by atoms with van der Waals surface area (Å²) in [4.78, 5) is 0. The van der Waals surface area contributed by atoms with Crippen LogP contribution in [0.3, 0.4) is 0 Å². The van der Waals surface area contributed by atoms with Crippen LogP contribution in [-0.4, -0.2) is 7.11 Å². The number of ether oxygens (including phenoxy) is 1. The highest BCUT2D eigenvalue weighted by atomic mass is 16.5. The van der Waals surface area contributed by atoms with Crippen molar-refractivity contribution in [3.63, 3.8) is 0 Å². The number of anilines is 1. The van der Waals surface area contributed by atoms with Crippen LogP contribution in [0.2, 0.25) is 0 Å². The average Bonchev–Trinajstić information content (AvgIpc) is 2.34. The Morgan fingerprint density at radius 1 is 1.00 bits per heavy atom. The summed E-state index contributed by atoms with van der Waals surface area (Å²) in [6.45, 7) is 2.12. The first-order valence-electron chi connectivity index (χ1n) is 5.68. The second-order valence-electron chi connectivity index (χ2n) is 4.14. The molecule has 0 saturated heterocycles. The average molecular weight is 227 g/mol. The largest absolute Gasteiger partial charge is 0.495 e. The first kappa shape index (κ1) is 11.5. The van der Waals surface area contributed by atoms with Crippen molar-refractivity contribution in [1.29, 1.82) is 0 Å². The van der Waals surface area contributed by atoms with Gasteiger partial charge in [0.05, 0.1) is 12.8 Å². The Morgan fingerprint density at radius 2 is 1.71 bits per heavy atom. The van der Waals surface area contributed by atoms with Crippen LogP contribution < -0.4 is 10.5 Å². The number of aryl methyl sites for hydroxylation is 1. The molecular weight excluding hydrogens is 210 g/mol. The summed E-state index contributed by atoms with van der Waals surface area (Å²) in [5.74, 6) is 0.746. The second kappa shape index (κ2) is 4.91. The van der Waals surface area contributed by atoms with Crippen molar-refractivity contribution in [2.45, 2.75) is 13.3 Å². The number of nitrogens with two attached hydrogens (primary N) is 1. The van der Waals surface area contributed by atoms with E-state index >= 15 is 0 Å². The highest BCUT2D eigenvalue weighted by molar-refractivity contribution is 5.59. The number of rotatable bonds is 3. The summed E-state index contributed by atoms with van der Waals surface area (Å²) in [5, 5.41) is 0. The highest BCUT2D eigenvalue weighted by Gasteiger charge is 2.06. The monoisotopic (exact) mass is 227 g/mol. The fourth-order valence-corrected chi connectivity index (χ4v) is 1.94. The standard InChI is InChI=1S/C15H17NO/c1-11-6-3-4-7-12(11)10-13-8-5-9-14(17-2)15(13)16/h3-9H,10,16H2,1-2H3. The van der Waals surface area contributed by atoms with Crippen molar-refractivity contribution >= 4 is 5.69 Å². The summed E-state index contributed by atoms with van der Waals surface area (Å²) < 4.78 is 5.23. The molecule has 2 aromatic rings. The lowest BCUT2D eigenvalue weighted by Crippen LogP contribution is -1.99. The van der Waals surface area contributed by atoms with Crippen molar-refractivity contribution in [3.05, 3.63) is 59.2 Å². The lowest BCUT2D eigenvalue weighted by Gasteiger charge is -2.11. The van der Waals surface area contributed by atoms with Gasteiger partial charge in [-0.1, -0.05) is 36.4 Å². The van der Waals surface area contributed by atoms with E-state index in [1.54, 1.807) is 7.11 Å². The molecule has 2 heteroatoms. The van der Waals surface area contributed by atoms with Crippen LogP contribution in [-0.2, 0) is 6.42 Å². The number of nitrogen functional groups attached to an aromatic ring is 1. The van der Waals surface area contributed by atoms with Gasteiger partial charge in [-0.3, -0.25) is 0 Å². The zero-order valence-electron chi connectivity index (χ0n) is 10.2. The van der Waals surface area contributed by atoms with Gasteiger partial charge in [-0.25, -0.2) is 0 Å².